The van der Waals surface area contributed by atoms with Crippen molar-refractivity contribution in [2.75, 3.05) is 13.2 Å². The van der Waals surface area contributed by atoms with Crippen molar-refractivity contribution in [2.24, 2.45) is 5.41 Å². The maximum atomic E-state index is 8.81. The van der Waals surface area contributed by atoms with Crippen LogP contribution in [0.5, 0.6) is 0 Å². The van der Waals surface area contributed by atoms with Gasteiger partial charge in [0.2, 0.25) is 0 Å². The van der Waals surface area contributed by atoms with E-state index in [0.29, 0.717) is 6.61 Å². The summed E-state index contributed by atoms with van der Waals surface area (Å²) >= 11 is 0. The van der Waals surface area contributed by atoms with E-state index < -0.39 is 0 Å². The van der Waals surface area contributed by atoms with E-state index in [-0.39, 0.29) is 5.41 Å². The highest BCUT2D eigenvalue weighted by molar-refractivity contribution is 4.99. The van der Waals surface area contributed by atoms with Crippen LogP contribution in [0.2, 0.25) is 0 Å². The Morgan fingerprint density at radius 3 is 2.80 bits per heavy atom. The van der Waals surface area contributed by atoms with Gasteiger partial charge in [0.1, 0.15) is 0 Å². The summed E-state index contributed by atoms with van der Waals surface area (Å²) in [6, 6.07) is 2.34. The molecule has 0 radical (unpaired) electrons. The fourth-order valence-electron chi connectivity index (χ4n) is 1.30. The van der Waals surface area contributed by atoms with Gasteiger partial charge < -0.3 is 4.74 Å². The highest BCUT2D eigenvalue weighted by Crippen LogP contribution is 2.30. The summed E-state index contributed by atoms with van der Waals surface area (Å²) in [6.07, 6.45) is 2.98. The number of nitrogens with zero attached hydrogens (tertiary/aromatic N) is 1. The first-order valence-corrected chi connectivity index (χ1v) is 3.82. The van der Waals surface area contributed by atoms with Crippen molar-refractivity contribution < 1.29 is 4.74 Å². The van der Waals surface area contributed by atoms with Crippen molar-refractivity contribution >= 4 is 0 Å². The SMILES string of the molecule is CCC1(C#N)CCCOC1. The third kappa shape index (κ3) is 1.30. The molecule has 0 aromatic heterocycles. The van der Waals surface area contributed by atoms with Crippen molar-refractivity contribution in [3.05, 3.63) is 0 Å². The molecule has 1 atom stereocenters. The second-order valence-corrected chi connectivity index (χ2v) is 2.90. The van der Waals surface area contributed by atoms with E-state index in [9.17, 15) is 0 Å². The molecule has 0 bridgehead atoms. The van der Waals surface area contributed by atoms with Gasteiger partial charge in [-0.1, -0.05) is 6.92 Å². The first kappa shape index (κ1) is 7.56. The predicted octanol–water partition coefficient (Wildman–Crippen LogP) is 1.72. The fourth-order valence-corrected chi connectivity index (χ4v) is 1.30. The molecule has 0 amide bonds. The summed E-state index contributed by atoms with van der Waals surface area (Å²) in [4.78, 5) is 0. The molecule has 0 aliphatic carbocycles. The van der Waals surface area contributed by atoms with Gasteiger partial charge in [0.25, 0.3) is 0 Å². The number of nitriles is 1. The van der Waals surface area contributed by atoms with Crippen LogP contribution < -0.4 is 0 Å². The standard InChI is InChI=1S/C8H13NO/c1-2-8(6-9)4-3-5-10-7-8/h2-5,7H2,1H3. The molecule has 0 saturated carbocycles. The third-order valence-electron chi connectivity index (χ3n) is 2.24. The molecule has 1 heterocycles. The molecule has 1 unspecified atom stereocenters. The minimum atomic E-state index is -0.155. The molecule has 2 nitrogen and oxygen atoms in total. The van der Waals surface area contributed by atoms with Crippen LogP contribution in [0.1, 0.15) is 26.2 Å². The monoisotopic (exact) mass is 139 g/mol. The zero-order valence-electron chi connectivity index (χ0n) is 6.39. The lowest BCUT2D eigenvalue weighted by Crippen LogP contribution is -2.29. The van der Waals surface area contributed by atoms with E-state index in [1.807, 2.05) is 0 Å². The molecule has 1 saturated heterocycles. The van der Waals surface area contributed by atoms with Gasteiger partial charge in [-0.25, -0.2) is 0 Å². The van der Waals surface area contributed by atoms with Crippen LogP contribution in [0.4, 0.5) is 0 Å². The van der Waals surface area contributed by atoms with Gasteiger partial charge in [-0.2, -0.15) is 5.26 Å². The molecule has 0 aromatic rings. The summed E-state index contributed by atoms with van der Waals surface area (Å²) in [7, 11) is 0. The number of hydrogen-bond acceptors (Lipinski definition) is 2. The second-order valence-electron chi connectivity index (χ2n) is 2.90. The van der Waals surface area contributed by atoms with Crippen molar-refractivity contribution in [1.29, 1.82) is 5.26 Å². The Kier molecular flexibility index (Phi) is 2.29. The van der Waals surface area contributed by atoms with Gasteiger partial charge in [0.05, 0.1) is 18.1 Å². The van der Waals surface area contributed by atoms with Crippen molar-refractivity contribution in [2.45, 2.75) is 26.2 Å². The van der Waals surface area contributed by atoms with Gasteiger partial charge in [0.15, 0.2) is 0 Å². The Bertz CT molecular complexity index is 142. The van der Waals surface area contributed by atoms with E-state index in [0.717, 1.165) is 25.9 Å². The van der Waals surface area contributed by atoms with E-state index in [2.05, 4.69) is 13.0 Å². The van der Waals surface area contributed by atoms with Crippen LogP contribution >= 0.6 is 0 Å². The average Bonchev–Trinajstić information content (AvgIpc) is 2.06. The smallest absolute Gasteiger partial charge is 0.0805 e. The van der Waals surface area contributed by atoms with Crippen LogP contribution in [0.15, 0.2) is 0 Å². The third-order valence-corrected chi connectivity index (χ3v) is 2.24. The zero-order chi connectivity index (χ0) is 7.45. The van der Waals surface area contributed by atoms with Crippen molar-refractivity contribution in [3.8, 4) is 6.07 Å². The Morgan fingerprint density at radius 1 is 1.70 bits per heavy atom. The van der Waals surface area contributed by atoms with Crippen LogP contribution in [0.25, 0.3) is 0 Å². The zero-order valence-corrected chi connectivity index (χ0v) is 6.39. The molecule has 1 rings (SSSR count). The van der Waals surface area contributed by atoms with E-state index in [1.165, 1.54) is 0 Å². The predicted molar refractivity (Wildman–Crippen MR) is 38.4 cm³/mol. The van der Waals surface area contributed by atoms with Gasteiger partial charge in [0, 0.05) is 6.61 Å². The molecule has 1 fully saturated rings. The number of hydrogen-bond donors (Lipinski definition) is 0. The molecular weight excluding hydrogens is 126 g/mol. The molecule has 56 valence electrons. The summed E-state index contributed by atoms with van der Waals surface area (Å²) in [5, 5.41) is 8.81. The molecule has 10 heavy (non-hydrogen) atoms. The fraction of sp³-hybridized carbons (Fsp3) is 0.875. The lowest BCUT2D eigenvalue weighted by atomic mass is 9.82. The highest BCUT2D eigenvalue weighted by Gasteiger charge is 2.30. The largest absolute Gasteiger partial charge is 0.380 e. The normalized spacial score (nSPS) is 33.2. The molecule has 0 N–H and O–H groups in total. The molecule has 1 aliphatic rings. The van der Waals surface area contributed by atoms with Crippen molar-refractivity contribution in [1.82, 2.24) is 0 Å². The number of rotatable bonds is 1. The summed E-state index contributed by atoms with van der Waals surface area (Å²) in [5.74, 6) is 0. The molecule has 0 spiro atoms. The first-order chi connectivity index (χ1) is 4.83. The van der Waals surface area contributed by atoms with Gasteiger partial charge >= 0.3 is 0 Å². The Labute approximate surface area is 61.8 Å². The minimum absolute atomic E-state index is 0.155. The Hall–Kier alpha value is -0.550. The number of ether oxygens (including phenoxy) is 1. The summed E-state index contributed by atoms with van der Waals surface area (Å²) in [5.41, 5.74) is -0.155. The quantitative estimate of drug-likeness (QED) is 0.554. The van der Waals surface area contributed by atoms with Gasteiger partial charge in [-0.05, 0) is 19.3 Å². The van der Waals surface area contributed by atoms with Crippen LogP contribution in [-0.4, -0.2) is 13.2 Å². The Morgan fingerprint density at radius 2 is 2.50 bits per heavy atom. The van der Waals surface area contributed by atoms with Crippen LogP contribution in [0, 0.1) is 16.7 Å². The highest BCUT2D eigenvalue weighted by atomic mass is 16.5. The van der Waals surface area contributed by atoms with Gasteiger partial charge in [-0.15, -0.1) is 0 Å². The molecular formula is C8H13NO. The van der Waals surface area contributed by atoms with Crippen LogP contribution in [0.3, 0.4) is 0 Å². The summed E-state index contributed by atoms with van der Waals surface area (Å²) < 4.78 is 5.24. The Balaban J connectivity index is 2.55. The van der Waals surface area contributed by atoms with Gasteiger partial charge in [-0.3, -0.25) is 0 Å². The minimum Gasteiger partial charge on any atom is -0.380 e. The first-order valence-electron chi connectivity index (χ1n) is 3.82. The van der Waals surface area contributed by atoms with E-state index in [4.69, 9.17) is 10.00 Å². The van der Waals surface area contributed by atoms with Crippen LogP contribution in [-0.2, 0) is 4.74 Å². The molecule has 2 heteroatoms. The lowest BCUT2D eigenvalue weighted by Gasteiger charge is -2.28. The molecule has 1 aliphatic heterocycles. The average molecular weight is 139 g/mol. The molecule has 0 aromatic carbocycles. The maximum Gasteiger partial charge on any atom is 0.0805 e. The second kappa shape index (κ2) is 3.03. The van der Waals surface area contributed by atoms with E-state index in [1.54, 1.807) is 0 Å². The van der Waals surface area contributed by atoms with Crippen molar-refractivity contribution in [3.63, 3.8) is 0 Å². The topological polar surface area (TPSA) is 33.0 Å². The summed E-state index contributed by atoms with van der Waals surface area (Å²) in [6.45, 7) is 3.53. The lowest BCUT2D eigenvalue weighted by molar-refractivity contribution is 0.0204. The maximum absolute atomic E-state index is 8.81. The van der Waals surface area contributed by atoms with E-state index >= 15 is 0 Å².